The van der Waals surface area contributed by atoms with E-state index in [1.807, 2.05) is 42.8 Å². The molecule has 1 aromatic carbocycles. The van der Waals surface area contributed by atoms with Crippen LogP contribution in [0.3, 0.4) is 0 Å². The van der Waals surface area contributed by atoms with Crippen LogP contribution in [-0.2, 0) is 23.1 Å². The van der Waals surface area contributed by atoms with Gasteiger partial charge in [0.05, 0.1) is 22.7 Å². The molecule has 8 nitrogen and oxygen atoms in total. The van der Waals surface area contributed by atoms with E-state index in [2.05, 4.69) is 22.0 Å². The summed E-state index contributed by atoms with van der Waals surface area (Å²) in [5.74, 6) is -1.74. The zero-order valence-corrected chi connectivity index (χ0v) is 24.3. The smallest absolute Gasteiger partial charge is 0.337 e. The number of benzene rings is 1. The highest BCUT2D eigenvalue weighted by Gasteiger charge is 2.50. The number of alkyl halides is 2. The van der Waals surface area contributed by atoms with E-state index in [0.29, 0.717) is 11.6 Å². The number of hydrogen-bond acceptors (Lipinski definition) is 5. The Labute approximate surface area is 238 Å². The number of hydrogen-bond donors (Lipinski definition) is 0. The molecule has 2 atom stereocenters. The van der Waals surface area contributed by atoms with Crippen molar-refractivity contribution in [3.63, 3.8) is 0 Å². The Morgan fingerprint density at radius 1 is 1.20 bits per heavy atom. The van der Waals surface area contributed by atoms with Crippen molar-refractivity contribution in [2.24, 2.45) is 13.0 Å². The van der Waals surface area contributed by atoms with Crippen LogP contribution in [0.4, 0.5) is 8.78 Å². The van der Waals surface area contributed by atoms with E-state index in [-0.39, 0.29) is 28.9 Å². The van der Waals surface area contributed by atoms with Crippen LogP contribution in [-0.4, -0.2) is 54.9 Å². The van der Waals surface area contributed by atoms with Gasteiger partial charge in [0.25, 0.3) is 5.92 Å². The first-order chi connectivity index (χ1) is 19.5. The number of nitrogens with zero attached hydrogens (tertiary/aromatic N) is 6. The zero-order valence-electron chi connectivity index (χ0n) is 24.3. The van der Waals surface area contributed by atoms with Crippen LogP contribution in [0.5, 0.6) is 0 Å². The van der Waals surface area contributed by atoms with Crippen LogP contribution in [0.25, 0.3) is 11.2 Å². The minimum absolute atomic E-state index is 0.0829. The molecule has 3 aromatic heterocycles. The van der Waals surface area contributed by atoms with E-state index in [4.69, 9.17) is 4.74 Å². The summed E-state index contributed by atoms with van der Waals surface area (Å²) in [5, 5.41) is 8.52. The summed E-state index contributed by atoms with van der Waals surface area (Å²) in [6.07, 6.45) is 8.77. The third-order valence-corrected chi connectivity index (χ3v) is 9.28. The first-order valence-corrected chi connectivity index (χ1v) is 14.4. The molecule has 0 radical (unpaired) electrons. The van der Waals surface area contributed by atoms with E-state index >= 15 is 8.78 Å². The van der Waals surface area contributed by atoms with Crippen molar-refractivity contribution in [1.29, 1.82) is 0 Å². The predicted octanol–water partition coefficient (Wildman–Crippen LogP) is 5.22. The second-order valence-electron chi connectivity index (χ2n) is 12.2. The number of piperidine rings is 1. The Morgan fingerprint density at radius 3 is 2.63 bits per heavy atom. The van der Waals surface area contributed by atoms with Gasteiger partial charge in [0, 0.05) is 51.6 Å². The Morgan fingerprint density at radius 2 is 1.98 bits per heavy atom. The largest absolute Gasteiger partial charge is 0.381 e. The maximum atomic E-state index is 15.0. The molecule has 0 bridgehead atoms. The molecule has 2 fully saturated rings. The number of methoxy groups -OCH3 is 1. The van der Waals surface area contributed by atoms with Crippen LogP contribution >= 0.6 is 0 Å². The van der Waals surface area contributed by atoms with Gasteiger partial charge in [-0.2, -0.15) is 0 Å². The molecule has 4 heterocycles. The maximum Gasteiger partial charge on any atom is 0.337 e. The molecule has 4 aromatic rings. The molecule has 218 valence electrons. The molecular formula is C31H38F2N6O2. The average Bonchev–Trinajstić information content (AvgIpc) is 3.50. The first-order valence-electron chi connectivity index (χ1n) is 14.4. The molecule has 1 aliphatic heterocycles. The minimum atomic E-state index is -3.12. The maximum absolute atomic E-state index is 15.0. The van der Waals surface area contributed by atoms with E-state index in [1.165, 1.54) is 15.4 Å². The van der Waals surface area contributed by atoms with Crippen molar-refractivity contribution < 1.29 is 13.5 Å². The van der Waals surface area contributed by atoms with Crippen LogP contribution in [0.2, 0.25) is 0 Å². The van der Waals surface area contributed by atoms with Gasteiger partial charge in [0.1, 0.15) is 12.2 Å². The lowest BCUT2D eigenvalue weighted by molar-refractivity contribution is -0.00697. The number of imidazole rings is 1. The van der Waals surface area contributed by atoms with Gasteiger partial charge < -0.3 is 9.30 Å². The molecule has 1 saturated heterocycles. The molecule has 0 unspecified atom stereocenters. The van der Waals surface area contributed by atoms with Crippen molar-refractivity contribution in [3.8, 4) is 5.69 Å². The average molecular weight is 565 g/mol. The highest BCUT2D eigenvalue weighted by atomic mass is 19.3. The Kier molecular flexibility index (Phi) is 6.89. The molecule has 0 N–H and O–H groups in total. The van der Waals surface area contributed by atoms with Gasteiger partial charge in [-0.05, 0) is 74.4 Å². The van der Waals surface area contributed by atoms with E-state index in [9.17, 15) is 4.79 Å². The Hall–Kier alpha value is -3.37. The van der Waals surface area contributed by atoms with Crippen LogP contribution < -0.4 is 5.69 Å². The van der Waals surface area contributed by atoms with Crippen molar-refractivity contribution in [1.82, 2.24) is 28.6 Å². The van der Waals surface area contributed by atoms with Crippen LogP contribution in [0.15, 0.2) is 53.8 Å². The predicted molar refractivity (Wildman–Crippen MR) is 153 cm³/mol. The molecule has 1 saturated carbocycles. The molecule has 0 amide bonds. The number of fused-ring (bicyclic) bond motifs is 1. The molecule has 1 aliphatic carbocycles. The third-order valence-electron chi connectivity index (χ3n) is 9.28. The monoisotopic (exact) mass is 564 g/mol. The quantitative estimate of drug-likeness (QED) is 0.308. The number of aryl methyl sites for hydroxylation is 1. The van der Waals surface area contributed by atoms with Gasteiger partial charge in [-0.1, -0.05) is 19.1 Å². The SMILES string of the molecule is COC1CC(c2cccc(-n3cc4c(C(C)(F)F)cc([C@H](C)N5CCC[C@H](C)C5)cn4c3=O)c2)(c2nncn2C)C1. The molecule has 6 rings (SSSR count). The van der Waals surface area contributed by atoms with Gasteiger partial charge in [0.2, 0.25) is 0 Å². The molecule has 10 heteroatoms. The summed E-state index contributed by atoms with van der Waals surface area (Å²) >= 11 is 0. The number of likely N-dealkylation sites (tertiary alicyclic amines) is 1. The van der Waals surface area contributed by atoms with E-state index < -0.39 is 11.3 Å². The van der Waals surface area contributed by atoms with Gasteiger partial charge in [0.15, 0.2) is 0 Å². The Balaban J connectivity index is 1.45. The number of halogens is 2. The second-order valence-corrected chi connectivity index (χ2v) is 12.2. The standard InChI is InChI=1S/C31H38F2N6O2/c1-20-8-7-11-37(16-20)21(2)22-12-26(30(3,32)33)27-18-38(29(40)39(27)17-22)24-10-6-9-23(13-24)31(14-25(15-31)41-5)28-35-34-19-36(28)4/h6,9-10,12-13,17-21,25H,7-8,11,14-16H2,1-5H3/t20-,21-,25?,31?/m0/s1. The summed E-state index contributed by atoms with van der Waals surface area (Å²) < 4.78 is 40.5. The Bertz CT molecular complexity index is 1630. The highest BCUT2D eigenvalue weighted by Crippen LogP contribution is 2.49. The molecular weight excluding hydrogens is 526 g/mol. The number of rotatable bonds is 7. The summed E-state index contributed by atoms with van der Waals surface area (Å²) in [5.41, 5.74) is 1.59. The topological polar surface area (TPSA) is 69.6 Å². The van der Waals surface area contributed by atoms with Crippen molar-refractivity contribution >= 4 is 5.52 Å². The fourth-order valence-electron chi connectivity index (χ4n) is 6.86. The normalized spacial score (nSPS) is 24.5. The first kappa shape index (κ1) is 27.8. The summed E-state index contributed by atoms with van der Waals surface area (Å²) in [7, 11) is 3.62. The van der Waals surface area contributed by atoms with Crippen molar-refractivity contribution in [2.45, 2.75) is 69.9 Å². The zero-order chi connectivity index (χ0) is 29.1. The molecule has 41 heavy (non-hydrogen) atoms. The molecule has 2 aliphatic rings. The lowest BCUT2D eigenvalue weighted by Crippen LogP contribution is -2.48. The van der Waals surface area contributed by atoms with Gasteiger partial charge in [-0.15, -0.1) is 10.2 Å². The second kappa shape index (κ2) is 10.2. The van der Waals surface area contributed by atoms with Crippen LogP contribution in [0.1, 0.15) is 75.0 Å². The third kappa shape index (κ3) is 4.70. The summed E-state index contributed by atoms with van der Waals surface area (Å²) in [6, 6.07) is 9.23. The lowest BCUT2D eigenvalue weighted by atomic mass is 9.62. The van der Waals surface area contributed by atoms with Crippen molar-refractivity contribution in [2.75, 3.05) is 20.2 Å². The summed E-state index contributed by atoms with van der Waals surface area (Å²) in [4.78, 5) is 16.2. The fourth-order valence-corrected chi connectivity index (χ4v) is 6.86. The van der Waals surface area contributed by atoms with Gasteiger partial charge >= 0.3 is 5.69 Å². The molecule has 0 spiro atoms. The lowest BCUT2D eigenvalue weighted by Gasteiger charge is -2.46. The fraction of sp³-hybridized carbons (Fsp3) is 0.516. The number of ether oxygens (including phenoxy) is 1. The van der Waals surface area contributed by atoms with Gasteiger partial charge in [-0.3, -0.25) is 13.9 Å². The summed E-state index contributed by atoms with van der Waals surface area (Å²) in [6.45, 7) is 6.99. The number of aromatic nitrogens is 5. The van der Waals surface area contributed by atoms with Gasteiger partial charge in [-0.25, -0.2) is 13.6 Å². The van der Waals surface area contributed by atoms with Crippen molar-refractivity contribution in [3.05, 3.63) is 82.1 Å². The van der Waals surface area contributed by atoms with E-state index in [1.54, 1.807) is 31.9 Å². The van der Waals surface area contributed by atoms with Crippen LogP contribution in [0, 0.1) is 5.92 Å². The number of pyridine rings is 1. The minimum Gasteiger partial charge on any atom is -0.381 e. The highest BCUT2D eigenvalue weighted by molar-refractivity contribution is 5.59. The van der Waals surface area contributed by atoms with E-state index in [0.717, 1.165) is 56.2 Å².